The molecule has 0 heterocycles. The highest BCUT2D eigenvalue weighted by atomic mass is 16.2. The number of hydrogen-bond donors (Lipinski definition) is 3. The topological polar surface area (TPSA) is 87.5 Å². The molecule has 0 aromatic heterocycles. The quantitative estimate of drug-likeness (QED) is 0.0700. The minimum absolute atomic E-state index is 0.0298. The van der Waals surface area contributed by atoms with E-state index in [2.05, 4.69) is 31.5 Å². The minimum Gasteiger partial charge on any atom is -0.329 e. The van der Waals surface area contributed by atoms with Crippen molar-refractivity contribution in [2.75, 3.05) is 19.6 Å². The smallest absolute Gasteiger partial charge is 0.255 e. The predicted molar refractivity (Wildman–Crippen MR) is 164 cm³/mol. The third-order valence-corrected chi connectivity index (χ3v) is 7.48. The van der Waals surface area contributed by atoms with Crippen molar-refractivity contribution in [2.45, 2.75) is 174 Å². The van der Waals surface area contributed by atoms with Crippen molar-refractivity contribution in [3.05, 3.63) is 0 Å². The van der Waals surface area contributed by atoms with Crippen molar-refractivity contribution in [3.8, 4) is 0 Å². The van der Waals surface area contributed by atoms with Gasteiger partial charge < -0.3 is 11.1 Å². The van der Waals surface area contributed by atoms with E-state index >= 15 is 0 Å². The molecule has 0 radical (unpaired) electrons. The molecule has 0 spiro atoms. The fourth-order valence-electron chi connectivity index (χ4n) is 4.94. The van der Waals surface area contributed by atoms with Crippen LogP contribution in [0.25, 0.3) is 0 Å². The molecule has 0 rings (SSSR count). The average molecular weight is 539 g/mol. The monoisotopic (exact) mass is 539 g/mol. The lowest BCUT2D eigenvalue weighted by Gasteiger charge is -2.26. The third-order valence-electron chi connectivity index (χ3n) is 7.48. The van der Waals surface area contributed by atoms with Crippen LogP contribution in [0.5, 0.6) is 0 Å². The maximum Gasteiger partial charge on any atom is 0.255 e. The molecule has 0 aromatic carbocycles. The molecule has 1 atom stereocenters. The Bertz CT molecular complexity index is 530. The number of amides is 2. The zero-order chi connectivity index (χ0) is 28.1. The highest BCUT2D eigenvalue weighted by Crippen LogP contribution is 2.13. The van der Waals surface area contributed by atoms with Gasteiger partial charge in [0.2, 0.25) is 5.91 Å². The van der Waals surface area contributed by atoms with E-state index in [0.717, 1.165) is 51.5 Å². The van der Waals surface area contributed by atoms with Crippen molar-refractivity contribution in [2.24, 2.45) is 5.73 Å². The van der Waals surface area contributed by atoms with E-state index in [0.29, 0.717) is 19.5 Å². The number of rotatable bonds is 28. The van der Waals surface area contributed by atoms with Crippen LogP contribution in [-0.4, -0.2) is 42.5 Å². The molecule has 0 aliphatic carbocycles. The number of hydrogen-bond acceptors (Lipinski definition) is 4. The largest absolute Gasteiger partial charge is 0.329 e. The van der Waals surface area contributed by atoms with Gasteiger partial charge in [-0.3, -0.25) is 20.0 Å². The first-order valence-corrected chi connectivity index (χ1v) is 16.6. The van der Waals surface area contributed by atoms with E-state index in [1.807, 2.05) is 0 Å². The van der Waals surface area contributed by atoms with E-state index in [4.69, 9.17) is 5.73 Å². The van der Waals surface area contributed by atoms with Crippen LogP contribution in [-0.2, 0) is 9.59 Å². The van der Waals surface area contributed by atoms with Crippen LogP contribution >= 0.6 is 0 Å². The summed E-state index contributed by atoms with van der Waals surface area (Å²) in [6.07, 6.45) is 27.3. The Hall–Kier alpha value is -1.14. The van der Waals surface area contributed by atoms with Gasteiger partial charge in [0.1, 0.15) is 0 Å². The summed E-state index contributed by atoms with van der Waals surface area (Å²) in [5, 5.41) is 4.98. The second-order valence-electron chi connectivity index (χ2n) is 11.2. The first kappa shape index (κ1) is 36.9. The molecule has 0 fully saturated rings. The van der Waals surface area contributed by atoms with Gasteiger partial charge in [-0.1, -0.05) is 143 Å². The maximum absolute atomic E-state index is 13.2. The van der Waals surface area contributed by atoms with Crippen molar-refractivity contribution >= 4 is 11.8 Å². The summed E-state index contributed by atoms with van der Waals surface area (Å²) in [5.41, 5.74) is 8.66. The van der Waals surface area contributed by atoms with Crippen molar-refractivity contribution in [1.82, 2.24) is 15.8 Å². The minimum atomic E-state index is -0.252. The molecule has 6 nitrogen and oxygen atoms in total. The summed E-state index contributed by atoms with van der Waals surface area (Å²) in [6.45, 7) is 8.20. The van der Waals surface area contributed by atoms with E-state index in [1.54, 1.807) is 0 Å². The normalized spacial score (nSPS) is 12.0. The fraction of sp³-hybridized carbons (Fsp3) is 0.938. The second kappa shape index (κ2) is 28.9. The molecular weight excluding hydrogens is 472 g/mol. The molecule has 0 aliphatic heterocycles. The van der Waals surface area contributed by atoms with Crippen LogP contribution < -0.4 is 16.5 Å². The highest BCUT2D eigenvalue weighted by Gasteiger charge is 2.22. The molecular formula is C32H66N4O2. The van der Waals surface area contributed by atoms with Gasteiger partial charge in [-0.15, -0.1) is 0 Å². The first-order valence-electron chi connectivity index (χ1n) is 16.6. The number of carbonyl (C=O) groups is 2. The zero-order valence-corrected chi connectivity index (χ0v) is 25.8. The van der Waals surface area contributed by atoms with Gasteiger partial charge in [0.05, 0.1) is 12.6 Å². The van der Waals surface area contributed by atoms with Crippen LogP contribution in [0.1, 0.15) is 168 Å². The van der Waals surface area contributed by atoms with E-state index in [-0.39, 0.29) is 17.9 Å². The SMILES string of the molecule is CCCCCCCCCCCCNC(CCCCCCCCCC)C(=O)NN(CCN)C(=O)CCCCC. The lowest BCUT2D eigenvalue weighted by molar-refractivity contribution is -0.142. The number of nitrogens with zero attached hydrogens (tertiary/aromatic N) is 1. The molecule has 226 valence electrons. The van der Waals surface area contributed by atoms with Crippen LogP contribution in [0.15, 0.2) is 0 Å². The molecule has 0 aromatic rings. The van der Waals surface area contributed by atoms with Gasteiger partial charge in [0.25, 0.3) is 5.91 Å². The first-order chi connectivity index (χ1) is 18.6. The Morgan fingerprint density at radius 2 is 1.08 bits per heavy atom. The summed E-state index contributed by atoms with van der Waals surface area (Å²) < 4.78 is 0. The van der Waals surface area contributed by atoms with Crippen molar-refractivity contribution in [1.29, 1.82) is 0 Å². The summed E-state index contributed by atoms with van der Waals surface area (Å²) >= 11 is 0. The molecule has 6 heteroatoms. The second-order valence-corrected chi connectivity index (χ2v) is 11.2. The molecule has 0 bridgehead atoms. The number of nitrogens with two attached hydrogens (primary N) is 1. The maximum atomic E-state index is 13.2. The third kappa shape index (κ3) is 22.8. The van der Waals surface area contributed by atoms with E-state index in [1.165, 1.54) is 101 Å². The number of hydrazine groups is 1. The van der Waals surface area contributed by atoms with Crippen LogP contribution in [0.4, 0.5) is 0 Å². The Balaban J connectivity index is 4.53. The summed E-state index contributed by atoms with van der Waals surface area (Å²) in [4.78, 5) is 25.9. The Morgan fingerprint density at radius 1 is 0.632 bits per heavy atom. The Labute approximate surface area is 237 Å². The van der Waals surface area contributed by atoms with Crippen molar-refractivity contribution < 1.29 is 9.59 Å². The number of carbonyl (C=O) groups excluding carboxylic acids is 2. The molecule has 4 N–H and O–H groups in total. The van der Waals surface area contributed by atoms with Crippen molar-refractivity contribution in [3.63, 3.8) is 0 Å². The fourth-order valence-corrected chi connectivity index (χ4v) is 4.94. The van der Waals surface area contributed by atoms with Gasteiger partial charge in [-0.05, 0) is 25.8 Å². The summed E-state index contributed by atoms with van der Waals surface area (Å²) in [6, 6.07) is -0.252. The molecule has 2 amide bonds. The molecule has 0 saturated carbocycles. The highest BCUT2D eigenvalue weighted by molar-refractivity contribution is 5.85. The van der Waals surface area contributed by atoms with Crippen LogP contribution in [0, 0.1) is 0 Å². The summed E-state index contributed by atoms with van der Waals surface area (Å²) in [5.74, 6) is -0.116. The lowest BCUT2D eigenvalue weighted by Crippen LogP contribution is -2.54. The number of unbranched alkanes of at least 4 members (excludes halogenated alkanes) is 18. The van der Waals surface area contributed by atoms with E-state index < -0.39 is 0 Å². The Morgan fingerprint density at radius 3 is 1.58 bits per heavy atom. The standard InChI is InChI=1S/C32H66N4O2/c1-4-7-10-12-14-16-17-19-21-24-28-34-30(25-23-20-18-15-13-11-8-5-2)32(38)35-36(29-27-33)31(37)26-22-9-6-3/h30,34H,4-29,33H2,1-3H3,(H,35,38). The number of nitrogens with one attached hydrogen (secondary N) is 2. The van der Waals surface area contributed by atoms with Gasteiger partial charge >= 0.3 is 0 Å². The van der Waals surface area contributed by atoms with E-state index in [9.17, 15) is 9.59 Å². The molecule has 38 heavy (non-hydrogen) atoms. The average Bonchev–Trinajstić information content (AvgIpc) is 2.91. The van der Waals surface area contributed by atoms with Crippen LogP contribution in [0.3, 0.4) is 0 Å². The zero-order valence-electron chi connectivity index (χ0n) is 25.8. The predicted octanol–water partition coefficient (Wildman–Crippen LogP) is 7.80. The van der Waals surface area contributed by atoms with Gasteiger partial charge in [0.15, 0.2) is 0 Å². The van der Waals surface area contributed by atoms with Gasteiger partial charge in [-0.2, -0.15) is 0 Å². The molecule has 0 saturated heterocycles. The van der Waals surface area contributed by atoms with Gasteiger partial charge in [-0.25, -0.2) is 0 Å². The molecule has 0 aliphatic rings. The molecule has 1 unspecified atom stereocenters. The lowest BCUT2D eigenvalue weighted by atomic mass is 10.0. The van der Waals surface area contributed by atoms with Gasteiger partial charge in [0, 0.05) is 13.0 Å². The Kier molecular flexibility index (Phi) is 28.0. The summed E-state index contributed by atoms with van der Waals surface area (Å²) in [7, 11) is 0. The van der Waals surface area contributed by atoms with Crippen LogP contribution in [0.2, 0.25) is 0 Å².